The second-order valence-electron chi connectivity index (χ2n) is 7.64. The average molecular weight is 484 g/mol. The number of nitrogens with one attached hydrogen (secondary N) is 2. The van der Waals surface area contributed by atoms with Gasteiger partial charge < -0.3 is 20.3 Å². The summed E-state index contributed by atoms with van der Waals surface area (Å²) in [5, 5.41) is 6.46. The second-order valence-corrected chi connectivity index (χ2v) is 8.51. The molecule has 1 aliphatic rings. The molecule has 3 aromatic carbocycles. The molecule has 1 aliphatic heterocycles. The molecule has 2 amide bonds. The van der Waals surface area contributed by atoms with E-state index in [1.165, 1.54) is 12.1 Å². The van der Waals surface area contributed by atoms with Gasteiger partial charge in [0.05, 0.1) is 13.2 Å². The van der Waals surface area contributed by atoms with Gasteiger partial charge >= 0.3 is 0 Å². The monoisotopic (exact) mass is 483 g/mol. The zero-order valence-electron chi connectivity index (χ0n) is 17.8. The first kappa shape index (κ1) is 23.1. The molecule has 0 spiro atoms. The number of nitrogens with zero attached hydrogens (tertiary/aromatic N) is 1. The fourth-order valence-corrected chi connectivity index (χ4v) is 4.05. The molecule has 0 aromatic heterocycles. The Bertz CT molecular complexity index is 1110. The van der Waals surface area contributed by atoms with Crippen LogP contribution in [0.15, 0.2) is 66.7 Å². The molecule has 0 aliphatic carbocycles. The Kier molecular flexibility index (Phi) is 7.50. The largest absolute Gasteiger partial charge is 0.378 e. The highest BCUT2D eigenvalue weighted by molar-refractivity contribution is 6.35. The summed E-state index contributed by atoms with van der Waals surface area (Å²) in [6, 6.07) is 19.5. The van der Waals surface area contributed by atoms with E-state index in [-0.39, 0.29) is 11.8 Å². The van der Waals surface area contributed by atoms with E-state index in [1.54, 1.807) is 30.3 Å². The molecule has 0 atom stereocenters. The molecule has 0 radical (unpaired) electrons. The van der Waals surface area contributed by atoms with Crippen LogP contribution in [0.1, 0.15) is 26.3 Å². The van der Waals surface area contributed by atoms with Gasteiger partial charge in [0.1, 0.15) is 0 Å². The number of amides is 2. The molecule has 1 heterocycles. The molecule has 1 saturated heterocycles. The third-order valence-corrected chi connectivity index (χ3v) is 5.73. The van der Waals surface area contributed by atoms with Crippen molar-refractivity contribution in [1.82, 2.24) is 5.32 Å². The third kappa shape index (κ3) is 6.26. The van der Waals surface area contributed by atoms with Crippen LogP contribution in [0.2, 0.25) is 10.0 Å². The maximum atomic E-state index is 12.5. The molecule has 0 saturated carbocycles. The molecule has 1 fully saturated rings. The normalized spacial score (nSPS) is 13.5. The summed E-state index contributed by atoms with van der Waals surface area (Å²) in [5.74, 6) is -0.524. The summed E-state index contributed by atoms with van der Waals surface area (Å²) >= 11 is 11.9. The van der Waals surface area contributed by atoms with Crippen molar-refractivity contribution in [1.29, 1.82) is 0 Å². The van der Waals surface area contributed by atoms with Gasteiger partial charge in [-0.1, -0.05) is 35.3 Å². The fraction of sp³-hybridized carbons (Fsp3) is 0.200. The van der Waals surface area contributed by atoms with Crippen molar-refractivity contribution in [2.24, 2.45) is 0 Å². The first-order valence-corrected chi connectivity index (χ1v) is 11.3. The van der Waals surface area contributed by atoms with Gasteiger partial charge in [-0.15, -0.1) is 0 Å². The highest BCUT2D eigenvalue weighted by Crippen LogP contribution is 2.20. The summed E-state index contributed by atoms with van der Waals surface area (Å²) < 4.78 is 5.39. The fourth-order valence-electron chi connectivity index (χ4n) is 3.52. The van der Waals surface area contributed by atoms with E-state index in [0.29, 0.717) is 33.4 Å². The van der Waals surface area contributed by atoms with Crippen LogP contribution in [0.4, 0.5) is 11.4 Å². The van der Waals surface area contributed by atoms with Crippen LogP contribution < -0.4 is 15.5 Å². The molecule has 0 bridgehead atoms. The molecule has 8 heteroatoms. The van der Waals surface area contributed by atoms with E-state index in [2.05, 4.69) is 27.7 Å². The number of carbonyl (C=O) groups excluding carboxylic acids is 2. The SMILES string of the molecule is O=C(NCc1ccc(N2CCOCC2)cc1)c1ccc(NC(=O)c2cc(Cl)cc(Cl)c2)cc1. The number of carbonyl (C=O) groups is 2. The van der Waals surface area contributed by atoms with E-state index in [1.807, 2.05) is 12.1 Å². The summed E-state index contributed by atoms with van der Waals surface area (Å²) in [7, 11) is 0. The standard InChI is InChI=1S/C25H23Cl2N3O3/c26-20-13-19(14-21(27)15-20)25(32)29-22-5-3-18(4-6-22)24(31)28-16-17-1-7-23(8-2-17)30-9-11-33-12-10-30/h1-8,13-15H,9-12,16H2,(H,28,31)(H,29,32). The Hall–Kier alpha value is -3.06. The first-order chi connectivity index (χ1) is 16.0. The highest BCUT2D eigenvalue weighted by Gasteiger charge is 2.12. The smallest absolute Gasteiger partial charge is 0.255 e. The maximum absolute atomic E-state index is 12.5. The van der Waals surface area contributed by atoms with Gasteiger partial charge in [-0.25, -0.2) is 0 Å². The molecule has 6 nitrogen and oxygen atoms in total. The second kappa shape index (κ2) is 10.7. The van der Waals surface area contributed by atoms with Crippen LogP contribution in [-0.4, -0.2) is 38.1 Å². The molecular formula is C25H23Cl2N3O3. The van der Waals surface area contributed by atoms with E-state index in [9.17, 15) is 9.59 Å². The lowest BCUT2D eigenvalue weighted by Crippen LogP contribution is -2.36. The quantitative estimate of drug-likeness (QED) is 0.516. The minimum atomic E-state index is -0.336. The summed E-state index contributed by atoms with van der Waals surface area (Å²) in [6.45, 7) is 3.69. The molecule has 3 aromatic rings. The first-order valence-electron chi connectivity index (χ1n) is 10.6. The van der Waals surface area contributed by atoms with E-state index >= 15 is 0 Å². The number of ether oxygens (including phenoxy) is 1. The minimum Gasteiger partial charge on any atom is -0.378 e. The van der Waals surface area contributed by atoms with Crippen molar-refractivity contribution in [3.63, 3.8) is 0 Å². The van der Waals surface area contributed by atoms with Crippen molar-refractivity contribution in [3.8, 4) is 0 Å². The predicted molar refractivity (Wildman–Crippen MR) is 132 cm³/mol. The maximum Gasteiger partial charge on any atom is 0.255 e. The van der Waals surface area contributed by atoms with Crippen LogP contribution in [0, 0.1) is 0 Å². The van der Waals surface area contributed by atoms with Crippen LogP contribution in [0.3, 0.4) is 0 Å². The Morgan fingerprint density at radius 1 is 0.818 bits per heavy atom. The summed E-state index contributed by atoms with van der Waals surface area (Å²) in [5.41, 5.74) is 3.60. The Balaban J connectivity index is 1.30. The Morgan fingerprint density at radius 3 is 2.09 bits per heavy atom. The van der Waals surface area contributed by atoms with Gasteiger partial charge in [0.25, 0.3) is 11.8 Å². The topological polar surface area (TPSA) is 70.7 Å². The molecule has 2 N–H and O–H groups in total. The lowest BCUT2D eigenvalue weighted by atomic mass is 10.1. The van der Waals surface area contributed by atoms with Crippen LogP contribution in [0.5, 0.6) is 0 Å². The highest BCUT2D eigenvalue weighted by atomic mass is 35.5. The van der Waals surface area contributed by atoms with Crippen molar-refractivity contribution in [3.05, 3.63) is 93.5 Å². The molecular weight excluding hydrogens is 461 g/mol. The number of rotatable bonds is 6. The number of anilines is 2. The number of hydrogen-bond donors (Lipinski definition) is 2. The minimum absolute atomic E-state index is 0.188. The van der Waals surface area contributed by atoms with Gasteiger partial charge in [0.2, 0.25) is 0 Å². The summed E-state index contributed by atoms with van der Waals surface area (Å²) in [6.07, 6.45) is 0. The third-order valence-electron chi connectivity index (χ3n) is 5.30. The van der Waals surface area contributed by atoms with Crippen LogP contribution >= 0.6 is 23.2 Å². The van der Waals surface area contributed by atoms with Gasteiger partial charge in [0.15, 0.2) is 0 Å². The van der Waals surface area contributed by atoms with Gasteiger partial charge in [-0.3, -0.25) is 9.59 Å². The number of benzene rings is 3. The number of halogens is 2. The number of morpholine rings is 1. The van der Waals surface area contributed by atoms with Crippen LogP contribution in [-0.2, 0) is 11.3 Å². The zero-order valence-corrected chi connectivity index (χ0v) is 19.3. The lowest BCUT2D eigenvalue weighted by molar-refractivity contribution is 0.0950. The molecule has 33 heavy (non-hydrogen) atoms. The van der Waals surface area contributed by atoms with Crippen molar-refractivity contribution in [2.75, 3.05) is 36.5 Å². The molecule has 4 rings (SSSR count). The van der Waals surface area contributed by atoms with Gasteiger partial charge in [-0.2, -0.15) is 0 Å². The van der Waals surface area contributed by atoms with Crippen molar-refractivity contribution >= 4 is 46.4 Å². The Labute approximate surface area is 202 Å². The lowest BCUT2D eigenvalue weighted by Gasteiger charge is -2.28. The average Bonchev–Trinajstić information content (AvgIpc) is 2.83. The molecule has 0 unspecified atom stereocenters. The molecule has 170 valence electrons. The predicted octanol–water partition coefficient (Wildman–Crippen LogP) is 5.01. The van der Waals surface area contributed by atoms with Gasteiger partial charge in [-0.05, 0) is 60.2 Å². The van der Waals surface area contributed by atoms with Crippen molar-refractivity contribution in [2.45, 2.75) is 6.54 Å². The Morgan fingerprint density at radius 2 is 1.45 bits per heavy atom. The van der Waals surface area contributed by atoms with Crippen LogP contribution in [0.25, 0.3) is 0 Å². The van der Waals surface area contributed by atoms with E-state index in [0.717, 1.165) is 37.6 Å². The zero-order chi connectivity index (χ0) is 23.2. The van der Waals surface area contributed by atoms with Gasteiger partial charge in [0, 0.05) is 52.2 Å². The van der Waals surface area contributed by atoms with E-state index < -0.39 is 0 Å². The summed E-state index contributed by atoms with van der Waals surface area (Å²) in [4.78, 5) is 27.2. The van der Waals surface area contributed by atoms with Crippen molar-refractivity contribution < 1.29 is 14.3 Å². The number of hydrogen-bond acceptors (Lipinski definition) is 4. The van der Waals surface area contributed by atoms with E-state index in [4.69, 9.17) is 27.9 Å².